The maximum Gasteiger partial charge on any atom is 0.306 e. The Morgan fingerprint density at radius 3 is 2.14 bits per heavy atom. The minimum atomic E-state index is -0.521. The molecule has 0 unspecified atom stereocenters. The molecule has 0 heterocycles. The molecule has 0 aliphatic carbocycles. The van der Waals surface area contributed by atoms with Crippen molar-refractivity contribution in [2.24, 2.45) is 0 Å². The molecule has 0 spiro atoms. The molecule has 7 nitrogen and oxygen atoms in total. The fourth-order valence-corrected chi connectivity index (χ4v) is 3.64. The van der Waals surface area contributed by atoms with E-state index < -0.39 is 11.9 Å². The summed E-state index contributed by atoms with van der Waals surface area (Å²) in [6.07, 6.45) is 0.522. The van der Waals surface area contributed by atoms with Crippen LogP contribution in [-0.2, 0) is 19.1 Å². The number of benzene rings is 3. The van der Waals surface area contributed by atoms with Crippen LogP contribution in [0.4, 0.5) is 11.4 Å². The van der Waals surface area contributed by atoms with Crippen molar-refractivity contribution in [2.45, 2.75) is 47.0 Å². The van der Waals surface area contributed by atoms with E-state index in [1.165, 1.54) is 0 Å². The molecule has 0 aliphatic rings. The number of hydrogen-bond acceptors (Lipinski definition) is 5. The van der Waals surface area contributed by atoms with Crippen LogP contribution in [0.2, 0.25) is 0 Å². The molecular weight excluding hydrogens is 456 g/mol. The highest BCUT2D eigenvalue weighted by Gasteiger charge is 2.11. The number of rotatable bonds is 10. The van der Waals surface area contributed by atoms with Gasteiger partial charge in [-0.25, -0.2) is 0 Å². The van der Waals surface area contributed by atoms with Crippen molar-refractivity contribution in [1.82, 2.24) is 0 Å². The Morgan fingerprint density at radius 1 is 0.750 bits per heavy atom. The minimum absolute atomic E-state index is 0.0485. The standard InChI is InChI=1S/C29H32N2O5/c1-19-15-20(2)17-25(16-19)36-24-13-11-23(12-14-24)30-27(32)9-6-10-29(34)35-18-28(33)31-26-8-5-7-21(3)22(26)4/h5,7-8,11-17H,6,9-10,18H2,1-4H3,(H,30,32)(H,31,33). The molecule has 0 saturated carbocycles. The lowest BCUT2D eigenvalue weighted by atomic mass is 10.1. The predicted molar refractivity (Wildman–Crippen MR) is 140 cm³/mol. The topological polar surface area (TPSA) is 93.7 Å². The summed E-state index contributed by atoms with van der Waals surface area (Å²) in [5, 5.41) is 5.54. The maximum atomic E-state index is 12.2. The van der Waals surface area contributed by atoms with E-state index in [0.29, 0.717) is 23.5 Å². The van der Waals surface area contributed by atoms with Crippen molar-refractivity contribution in [3.63, 3.8) is 0 Å². The van der Waals surface area contributed by atoms with Gasteiger partial charge in [-0.1, -0.05) is 18.2 Å². The van der Waals surface area contributed by atoms with Crippen LogP contribution in [0.3, 0.4) is 0 Å². The van der Waals surface area contributed by atoms with Gasteiger partial charge in [0.2, 0.25) is 5.91 Å². The van der Waals surface area contributed by atoms with Gasteiger partial charge >= 0.3 is 5.97 Å². The Kier molecular flexibility index (Phi) is 9.22. The molecule has 0 bridgehead atoms. The zero-order valence-electron chi connectivity index (χ0n) is 21.1. The molecule has 7 heteroatoms. The highest BCUT2D eigenvalue weighted by molar-refractivity contribution is 5.94. The Bertz CT molecular complexity index is 1210. The number of esters is 1. The second-order valence-corrected chi connectivity index (χ2v) is 8.81. The lowest BCUT2D eigenvalue weighted by Gasteiger charge is -2.11. The first-order valence-corrected chi connectivity index (χ1v) is 11.9. The third-order valence-corrected chi connectivity index (χ3v) is 5.60. The van der Waals surface area contributed by atoms with Crippen molar-refractivity contribution in [2.75, 3.05) is 17.2 Å². The average molecular weight is 489 g/mol. The lowest BCUT2D eigenvalue weighted by Crippen LogP contribution is -2.21. The van der Waals surface area contributed by atoms with Gasteiger partial charge in [0.25, 0.3) is 5.91 Å². The first-order valence-electron chi connectivity index (χ1n) is 11.9. The molecule has 0 radical (unpaired) electrons. The van der Waals surface area contributed by atoms with Crippen LogP contribution < -0.4 is 15.4 Å². The Morgan fingerprint density at radius 2 is 1.44 bits per heavy atom. The summed E-state index contributed by atoms with van der Waals surface area (Å²) in [7, 11) is 0. The van der Waals surface area contributed by atoms with Gasteiger partial charge < -0.3 is 20.1 Å². The summed E-state index contributed by atoms with van der Waals surface area (Å²) in [4.78, 5) is 36.2. The quantitative estimate of drug-likeness (QED) is 0.341. The van der Waals surface area contributed by atoms with Gasteiger partial charge in [0, 0.05) is 24.2 Å². The predicted octanol–water partition coefficient (Wildman–Crippen LogP) is 6.00. The third-order valence-electron chi connectivity index (χ3n) is 5.60. The first-order chi connectivity index (χ1) is 17.2. The fraction of sp³-hybridized carbons (Fsp3) is 0.276. The number of carbonyl (C=O) groups excluding carboxylic acids is 3. The van der Waals surface area contributed by atoms with Crippen molar-refractivity contribution in [3.8, 4) is 11.5 Å². The van der Waals surface area contributed by atoms with Crippen LogP contribution in [0.25, 0.3) is 0 Å². The Balaban J connectivity index is 1.35. The summed E-state index contributed by atoms with van der Waals surface area (Å²) in [6, 6.07) is 18.7. The van der Waals surface area contributed by atoms with Crippen molar-refractivity contribution < 1.29 is 23.9 Å². The zero-order valence-corrected chi connectivity index (χ0v) is 21.1. The molecule has 3 aromatic carbocycles. The number of ether oxygens (including phenoxy) is 2. The van der Waals surface area contributed by atoms with Gasteiger partial charge in [-0.15, -0.1) is 0 Å². The van der Waals surface area contributed by atoms with Crippen LogP contribution >= 0.6 is 0 Å². The summed E-state index contributed by atoms with van der Waals surface area (Å²) in [6.45, 7) is 7.54. The summed E-state index contributed by atoms with van der Waals surface area (Å²) >= 11 is 0. The molecule has 0 aliphatic heterocycles. The SMILES string of the molecule is Cc1cc(C)cc(Oc2ccc(NC(=O)CCCC(=O)OCC(=O)Nc3cccc(C)c3C)cc2)c1. The average Bonchev–Trinajstić information content (AvgIpc) is 2.81. The lowest BCUT2D eigenvalue weighted by molar-refractivity contribution is -0.147. The van der Waals surface area contributed by atoms with Gasteiger partial charge in [-0.3, -0.25) is 14.4 Å². The van der Waals surface area contributed by atoms with E-state index in [1.807, 2.05) is 52.0 Å². The third kappa shape index (κ3) is 8.27. The number of aryl methyl sites for hydroxylation is 3. The maximum absolute atomic E-state index is 12.2. The van der Waals surface area contributed by atoms with Gasteiger partial charge in [0.15, 0.2) is 6.61 Å². The molecule has 2 amide bonds. The van der Waals surface area contributed by atoms with Crippen molar-refractivity contribution in [1.29, 1.82) is 0 Å². The number of nitrogens with one attached hydrogen (secondary N) is 2. The molecule has 3 aromatic rings. The van der Waals surface area contributed by atoms with Gasteiger partial charge in [-0.05, 0) is 98.8 Å². The first kappa shape index (κ1) is 26.5. The molecule has 0 aromatic heterocycles. The van der Waals surface area contributed by atoms with Crippen LogP contribution in [0.5, 0.6) is 11.5 Å². The zero-order chi connectivity index (χ0) is 26.1. The molecular formula is C29H32N2O5. The largest absolute Gasteiger partial charge is 0.457 e. The minimum Gasteiger partial charge on any atom is -0.457 e. The number of carbonyl (C=O) groups is 3. The highest BCUT2D eigenvalue weighted by Crippen LogP contribution is 2.25. The normalized spacial score (nSPS) is 10.4. The Hall–Kier alpha value is -4.13. The van der Waals surface area contributed by atoms with E-state index in [2.05, 4.69) is 16.7 Å². The molecule has 0 saturated heterocycles. The van der Waals surface area contributed by atoms with Crippen LogP contribution in [0, 0.1) is 27.7 Å². The van der Waals surface area contributed by atoms with Gasteiger partial charge in [-0.2, -0.15) is 0 Å². The summed E-state index contributed by atoms with van der Waals surface area (Å²) in [5.74, 6) is 0.297. The van der Waals surface area contributed by atoms with E-state index in [1.54, 1.807) is 30.3 Å². The second kappa shape index (κ2) is 12.5. The molecule has 0 fully saturated rings. The van der Waals surface area contributed by atoms with Crippen molar-refractivity contribution in [3.05, 3.63) is 82.9 Å². The highest BCUT2D eigenvalue weighted by atomic mass is 16.5. The molecule has 2 N–H and O–H groups in total. The van der Waals surface area contributed by atoms with E-state index in [9.17, 15) is 14.4 Å². The molecule has 0 atom stereocenters. The van der Waals surface area contributed by atoms with Gasteiger partial charge in [0.1, 0.15) is 11.5 Å². The number of hydrogen-bond donors (Lipinski definition) is 2. The monoisotopic (exact) mass is 488 g/mol. The number of amides is 2. The van der Waals surface area contributed by atoms with Gasteiger partial charge in [0.05, 0.1) is 0 Å². The van der Waals surface area contributed by atoms with Crippen LogP contribution in [-0.4, -0.2) is 24.4 Å². The summed E-state index contributed by atoms with van der Waals surface area (Å²) < 4.78 is 10.9. The smallest absolute Gasteiger partial charge is 0.306 e. The van der Waals surface area contributed by atoms with E-state index in [4.69, 9.17) is 9.47 Å². The van der Waals surface area contributed by atoms with Crippen molar-refractivity contribution >= 4 is 29.2 Å². The van der Waals surface area contributed by atoms with Crippen LogP contribution in [0.1, 0.15) is 41.5 Å². The molecule has 3 rings (SSSR count). The van der Waals surface area contributed by atoms with Crippen LogP contribution in [0.15, 0.2) is 60.7 Å². The molecule has 36 heavy (non-hydrogen) atoms. The van der Waals surface area contributed by atoms with E-state index in [-0.39, 0.29) is 25.4 Å². The molecule has 188 valence electrons. The Labute approximate surface area is 211 Å². The second-order valence-electron chi connectivity index (χ2n) is 8.81. The fourth-order valence-electron chi connectivity index (χ4n) is 3.64. The van der Waals surface area contributed by atoms with E-state index >= 15 is 0 Å². The van der Waals surface area contributed by atoms with E-state index in [0.717, 1.165) is 28.0 Å². The number of anilines is 2. The summed E-state index contributed by atoms with van der Waals surface area (Å²) in [5.41, 5.74) is 5.60.